The van der Waals surface area contributed by atoms with Crippen molar-refractivity contribution < 1.29 is 0 Å². The minimum absolute atomic E-state index is 0.853. The monoisotopic (exact) mass is 175 g/mol. The smallest absolute Gasteiger partial charge is 0.163 e. The van der Waals surface area contributed by atoms with E-state index < -0.39 is 0 Å². The molecule has 13 heavy (non-hydrogen) atoms. The number of rotatable bonds is 0. The quantitative estimate of drug-likeness (QED) is 0.601. The van der Waals surface area contributed by atoms with Crippen LogP contribution < -0.4 is 5.32 Å². The normalized spacial score (nSPS) is 16.0. The summed E-state index contributed by atoms with van der Waals surface area (Å²) in [4.78, 5) is 8.54. The molecule has 0 bridgehead atoms. The summed E-state index contributed by atoms with van der Waals surface area (Å²) in [7, 11) is 0. The van der Waals surface area contributed by atoms with Crippen LogP contribution in [0.3, 0.4) is 0 Å². The molecule has 1 aliphatic heterocycles. The third-order valence-corrected chi connectivity index (χ3v) is 2.35. The van der Waals surface area contributed by atoms with Gasteiger partial charge in [-0.3, -0.25) is 0 Å². The van der Waals surface area contributed by atoms with E-state index in [1.54, 1.807) is 17.2 Å². The molecule has 0 spiro atoms. The number of nitrogens with one attached hydrogen (secondary N) is 1. The summed E-state index contributed by atoms with van der Waals surface area (Å²) in [6.07, 6.45) is 4.27. The first-order valence-electron chi connectivity index (χ1n) is 4.32. The van der Waals surface area contributed by atoms with Gasteiger partial charge in [0.2, 0.25) is 0 Å². The van der Waals surface area contributed by atoms with E-state index in [0.717, 1.165) is 30.9 Å². The van der Waals surface area contributed by atoms with Gasteiger partial charge in [0, 0.05) is 25.1 Å². The van der Waals surface area contributed by atoms with Gasteiger partial charge in [0.05, 0.1) is 5.69 Å². The van der Waals surface area contributed by atoms with Crippen molar-refractivity contribution >= 4 is 5.65 Å². The van der Waals surface area contributed by atoms with Crippen molar-refractivity contribution in [3.63, 3.8) is 0 Å². The third-order valence-electron chi connectivity index (χ3n) is 2.35. The van der Waals surface area contributed by atoms with Crippen LogP contribution in [0.5, 0.6) is 0 Å². The number of nitrogens with zero attached hydrogens (tertiary/aromatic N) is 4. The Morgan fingerprint density at radius 3 is 3.38 bits per heavy atom. The van der Waals surface area contributed by atoms with Crippen LogP contribution in [0.2, 0.25) is 0 Å². The second-order valence-corrected chi connectivity index (χ2v) is 3.12. The minimum Gasteiger partial charge on any atom is -0.312 e. The van der Waals surface area contributed by atoms with Crippen molar-refractivity contribution in [3.05, 3.63) is 23.9 Å². The second kappa shape index (κ2) is 2.50. The average Bonchev–Trinajstić information content (AvgIpc) is 2.65. The maximum Gasteiger partial charge on any atom is 0.163 e. The van der Waals surface area contributed by atoms with Crippen molar-refractivity contribution in [2.45, 2.75) is 13.0 Å². The maximum absolute atomic E-state index is 4.34. The van der Waals surface area contributed by atoms with Gasteiger partial charge in [-0.2, -0.15) is 5.10 Å². The molecule has 3 heterocycles. The Morgan fingerprint density at radius 2 is 2.38 bits per heavy atom. The molecule has 0 saturated carbocycles. The molecular weight excluding hydrogens is 166 g/mol. The lowest BCUT2D eigenvalue weighted by molar-refractivity contribution is 0.626. The highest BCUT2D eigenvalue weighted by atomic mass is 15.3. The van der Waals surface area contributed by atoms with E-state index in [2.05, 4.69) is 20.4 Å². The Hall–Kier alpha value is -1.49. The molecule has 0 unspecified atom stereocenters. The maximum atomic E-state index is 4.34. The molecule has 5 heteroatoms. The minimum atomic E-state index is 0.853. The van der Waals surface area contributed by atoms with Crippen LogP contribution in [0, 0.1) is 0 Å². The van der Waals surface area contributed by atoms with Gasteiger partial charge in [0.1, 0.15) is 12.7 Å². The lowest BCUT2D eigenvalue weighted by Gasteiger charge is -2.15. The van der Waals surface area contributed by atoms with E-state index in [9.17, 15) is 0 Å². The molecule has 66 valence electrons. The standard InChI is InChI=1S/C8H9N5/c1-2-9-3-6-7(1)11-5-13-8(6)10-4-12-13/h4-5,9H,1-3H2. The first-order valence-corrected chi connectivity index (χ1v) is 4.32. The predicted molar refractivity (Wildman–Crippen MR) is 46.2 cm³/mol. The lowest BCUT2D eigenvalue weighted by Crippen LogP contribution is -2.25. The van der Waals surface area contributed by atoms with Crippen LogP contribution in [0.25, 0.3) is 5.65 Å². The average molecular weight is 175 g/mol. The van der Waals surface area contributed by atoms with Crippen molar-refractivity contribution in [2.75, 3.05) is 6.54 Å². The van der Waals surface area contributed by atoms with Crippen LogP contribution >= 0.6 is 0 Å². The molecule has 0 aromatic carbocycles. The van der Waals surface area contributed by atoms with E-state index in [4.69, 9.17) is 0 Å². The predicted octanol–water partition coefficient (Wildman–Crippen LogP) is -0.230. The highest BCUT2D eigenvalue weighted by molar-refractivity contribution is 5.48. The zero-order chi connectivity index (χ0) is 8.67. The van der Waals surface area contributed by atoms with Gasteiger partial charge >= 0.3 is 0 Å². The first kappa shape index (κ1) is 6.97. The molecule has 2 aromatic rings. The topological polar surface area (TPSA) is 55.1 Å². The van der Waals surface area contributed by atoms with E-state index in [1.807, 2.05) is 0 Å². The summed E-state index contributed by atoms with van der Waals surface area (Å²) in [6.45, 7) is 1.86. The van der Waals surface area contributed by atoms with Crippen LogP contribution in [0.4, 0.5) is 0 Å². The molecule has 0 saturated heterocycles. The Balaban J connectivity index is 2.34. The van der Waals surface area contributed by atoms with Crippen LogP contribution in [-0.2, 0) is 13.0 Å². The van der Waals surface area contributed by atoms with Crippen LogP contribution in [0.15, 0.2) is 12.7 Å². The molecule has 0 amide bonds. The van der Waals surface area contributed by atoms with E-state index in [1.165, 1.54) is 5.56 Å². The zero-order valence-electron chi connectivity index (χ0n) is 7.06. The highest BCUT2D eigenvalue weighted by Gasteiger charge is 2.14. The van der Waals surface area contributed by atoms with Gasteiger partial charge < -0.3 is 5.32 Å². The molecule has 2 aromatic heterocycles. The molecule has 0 aliphatic carbocycles. The Morgan fingerprint density at radius 1 is 1.38 bits per heavy atom. The summed E-state index contributed by atoms with van der Waals surface area (Å²) in [5, 5.41) is 7.34. The number of hydrogen-bond acceptors (Lipinski definition) is 4. The summed E-state index contributed by atoms with van der Waals surface area (Å²) >= 11 is 0. The molecule has 1 N–H and O–H groups in total. The lowest BCUT2D eigenvalue weighted by atomic mass is 10.1. The van der Waals surface area contributed by atoms with Gasteiger partial charge in [-0.15, -0.1) is 0 Å². The molecule has 5 nitrogen and oxygen atoms in total. The van der Waals surface area contributed by atoms with Crippen molar-refractivity contribution in [2.24, 2.45) is 0 Å². The fourth-order valence-corrected chi connectivity index (χ4v) is 1.70. The third kappa shape index (κ3) is 0.936. The van der Waals surface area contributed by atoms with Crippen LogP contribution in [0.1, 0.15) is 11.3 Å². The van der Waals surface area contributed by atoms with Crippen molar-refractivity contribution in [3.8, 4) is 0 Å². The van der Waals surface area contributed by atoms with E-state index >= 15 is 0 Å². The second-order valence-electron chi connectivity index (χ2n) is 3.12. The van der Waals surface area contributed by atoms with Gasteiger partial charge in [0.25, 0.3) is 0 Å². The number of hydrogen-bond donors (Lipinski definition) is 1. The van der Waals surface area contributed by atoms with E-state index in [0.29, 0.717) is 0 Å². The van der Waals surface area contributed by atoms with Gasteiger partial charge in [-0.05, 0) is 0 Å². The molecular formula is C8H9N5. The Kier molecular flexibility index (Phi) is 1.34. The number of aromatic nitrogens is 4. The molecule has 0 fully saturated rings. The van der Waals surface area contributed by atoms with Crippen molar-refractivity contribution in [1.29, 1.82) is 0 Å². The summed E-state index contributed by atoms with van der Waals surface area (Å²) in [5.41, 5.74) is 3.27. The van der Waals surface area contributed by atoms with E-state index in [-0.39, 0.29) is 0 Å². The highest BCUT2D eigenvalue weighted by Crippen LogP contribution is 2.14. The van der Waals surface area contributed by atoms with Crippen LogP contribution in [-0.4, -0.2) is 26.1 Å². The zero-order valence-corrected chi connectivity index (χ0v) is 7.06. The SMILES string of the molecule is c1nc2c3c(ncn2n1)CCNC3. The molecule has 0 radical (unpaired) electrons. The summed E-state index contributed by atoms with van der Waals surface area (Å²) < 4.78 is 1.71. The molecule has 1 aliphatic rings. The summed E-state index contributed by atoms with van der Waals surface area (Å²) in [6, 6.07) is 0. The molecule has 3 rings (SSSR count). The van der Waals surface area contributed by atoms with Gasteiger partial charge in [-0.1, -0.05) is 0 Å². The summed E-state index contributed by atoms with van der Waals surface area (Å²) in [5.74, 6) is 0. The Bertz CT molecular complexity index is 447. The largest absolute Gasteiger partial charge is 0.312 e. The molecule has 0 atom stereocenters. The van der Waals surface area contributed by atoms with Crippen molar-refractivity contribution in [1.82, 2.24) is 24.9 Å². The fourth-order valence-electron chi connectivity index (χ4n) is 1.70. The van der Waals surface area contributed by atoms with Gasteiger partial charge in [0.15, 0.2) is 5.65 Å². The number of fused-ring (bicyclic) bond motifs is 3. The first-order chi connectivity index (χ1) is 6.45. The Labute approximate surface area is 74.8 Å². The van der Waals surface area contributed by atoms with Gasteiger partial charge in [-0.25, -0.2) is 14.5 Å². The fraction of sp³-hybridized carbons (Fsp3) is 0.375.